The number of nitrogens with zero attached hydrogens (tertiary/aromatic N) is 3. The van der Waals surface area contributed by atoms with E-state index in [1.807, 2.05) is 91.0 Å². The molecule has 38 heavy (non-hydrogen) atoms. The molecule has 1 N–H and O–H groups in total. The van der Waals surface area contributed by atoms with Gasteiger partial charge in [-0.1, -0.05) is 84.9 Å². The van der Waals surface area contributed by atoms with Gasteiger partial charge in [-0.3, -0.25) is 0 Å². The Bertz CT molecular complexity index is 1710. The first-order chi connectivity index (χ1) is 18.6. The molecule has 0 aliphatic heterocycles. The summed E-state index contributed by atoms with van der Waals surface area (Å²) in [4.78, 5) is 16.4. The van der Waals surface area contributed by atoms with Crippen molar-refractivity contribution in [1.82, 2.24) is 14.6 Å². The van der Waals surface area contributed by atoms with Crippen molar-refractivity contribution in [3.05, 3.63) is 133 Å². The zero-order valence-electron chi connectivity index (χ0n) is 20.4. The summed E-state index contributed by atoms with van der Waals surface area (Å²) < 4.78 is 7.51. The van der Waals surface area contributed by atoms with E-state index in [4.69, 9.17) is 9.72 Å². The number of hydrogen-bond acceptors (Lipinski definition) is 4. The smallest absolute Gasteiger partial charge is 0.356 e. The van der Waals surface area contributed by atoms with Crippen molar-refractivity contribution >= 4 is 11.6 Å². The average Bonchev–Trinajstić information content (AvgIpc) is 3.42. The third kappa shape index (κ3) is 4.75. The van der Waals surface area contributed by atoms with Gasteiger partial charge in [0.25, 0.3) is 0 Å². The zero-order valence-corrected chi connectivity index (χ0v) is 20.4. The second-order valence-corrected chi connectivity index (χ2v) is 8.87. The van der Waals surface area contributed by atoms with Crippen molar-refractivity contribution in [2.24, 2.45) is 0 Å². The standard InChI is InChI=1S/C32H23N3O3/c36-32(37)29-20-31-33-28(25-15-17-27(18-16-25)38-21-22-7-3-1-4-8-22)19-30(35(31)34-29)26-13-11-24(12-14-26)23-9-5-2-6-10-23/h1-20H,21H2,(H,36,37). The minimum atomic E-state index is -1.10. The number of hydrogen-bond donors (Lipinski definition) is 1. The number of rotatable bonds is 7. The number of carbonyl (C=O) groups is 1. The Labute approximate surface area is 219 Å². The van der Waals surface area contributed by atoms with Gasteiger partial charge in [-0.05, 0) is 47.0 Å². The maximum atomic E-state index is 11.7. The van der Waals surface area contributed by atoms with E-state index in [1.54, 1.807) is 4.52 Å². The summed E-state index contributed by atoms with van der Waals surface area (Å²) >= 11 is 0. The molecule has 0 bridgehead atoms. The van der Waals surface area contributed by atoms with Crippen molar-refractivity contribution < 1.29 is 14.6 Å². The lowest BCUT2D eigenvalue weighted by Crippen LogP contribution is -2.01. The summed E-state index contributed by atoms with van der Waals surface area (Å²) in [6.07, 6.45) is 0. The van der Waals surface area contributed by atoms with Crippen LogP contribution in [-0.4, -0.2) is 25.7 Å². The van der Waals surface area contributed by atoms with Crippen molar-refractivity contribution in [1.29, 1.82) is 0 Å². The summed E-state index contributed by atoms with van der Waals surface area (Å²) in [6, 6.07) is 39.5. The van der Waals surface area contributed by atoms with Crippen LogP contribution in [0, 0.1) is 0 Å². The van der Waals surface area contributed by atoms with Gasteiger partial charge in [0.05, 0.1) is 11.4 Å². The lowest BCUT2D eigenvalue weighted by Gasteiger charge is -2.11. The molecule has 0 spiro atoms. The van der Waals surface area contributed by atoms with E-state index in [0.717, 1.165) is 39.3 Å². The monoisotopic (exact) mass is 497 g/mol. The number of aromatic carboxylic acids is 1. The molecule has 184 valence electrons. The molecule has 0 amide bonds. The maximum Gasteiger partial charge on any atom is 0.356 e. The fourth-order valence-corrected chi connectivity index (χ4v) is 4.36. The van der Waals surface area contributed by atoms with Crippen LogP contribution in [0.15, 0.2) is 121 Å². The van der Waals surface area contributed by atoms with Gasteiger partial charge in [-0.2, -0.15) is 5.10 Å². The lowest BCUT2D eigenvalue weighted by atomic mass is 10.0. The number of carboxylic acid groups (broad SMARTS) is 1. The molecule has 2 aromatic heterocycles. The van der Waals surface area contributed by atoms with Gasteiger partial charge in [-0.25, -0.2) is 14.3 Å². The number of aromatic nitrogens is 3. The molecule has 0 aliphatic rings. The predicted octanol–water partition coefficient (Wildman–Crippen LogP) is 7.01. The van der Waals surface area contributed by atoms with Crippen LogP contribution < -0.4 is 4.74 Å². The second kappa shape index (κ2) is 10.0. The molecule has 0 unspecified atom stereocenters. The summed E-state index contributed by atoms with van der Waals surface area (Å²) in [6.45, 7) is 0.487. The molecule has 6 aromatic rings. The third-order valence-corrected chi connectivity index (χ3v) is 6.33. The fourth-order valence-electron chi connectivity index (χ4n) is 4.36. The van der Waals surface area contributed by atoms with E-state index in [1.165, 1.54) is 6.07 Å². The van der Waals surface area contributed by atoms with Crippen LogP contribution in [0.1, 0.15) is 16.1 Å². The quantitative estimate of drug-likeness (QED) is 0.257. The lowest BCUT2D eigenvalue weighted by molar-refractivity contribution is 0.0690. The number of carboxylic acids is 1. The molecule has 0 saturated heterocycles. The molecule has 4 aromatic carbocycles. The maximum absolute atomic E-state index is 11.7. The molecule has 0 aliphatic carbocycles. The molecule has 0 atom stereocenters. The minimum Gasteiger partial charge on any atom is -0.489 e. The van der Waals surface area contributed by atoms with E-state index in [2.05, 4.69) is 29.4 Å². The van der Waals surface area contributed by atoms with Crippen LogP contribution in [0.2, 0.25) is 0 Å². The van der Waals surface area contributed by atoms with Crippen LogP contribution in [0.25, 0.3) is 39.3 Å². The van der Waals surface area contributed by atoms with Gasteiger partial charge >= 0.3 is 5.97 Å². The Kier molecular flexibility index (Phi) is 6.12. The van der Waals surface area contributed by atoms with E-state index in [-0.39, 0.29) is 5.69 Å². The highest BCUT2D eigenvalue weighted by molar-refractivity contribution is 5.87. The Hall–Kier alpha value is -5.23. The zero-order chi connectivity index (χ0) is 25.9. The first-order valence-electron chi connectivity index (χ1n) is 12.2. The molecule has 6 rings (SSSR count). The second-order valence-electron chi connectivity index (χ2n) is 8.87. The topological polar surface area (TPSA) is 76.7 Å². The van der Waals surface area contributed by atoms with Gasteiger partial charge in [-0.15, -0.1) is 0 Å². The molecular formula is C32H23N3O3. The first-order valence-corrected chi connectivity index (χ1v) is 12.2. The Morgan fingerprint density at radius 2 is 1.32 bits per heavy atom. The van der Waals surface area contributed by atoms with Crippen LogP contribution >= 0.6 is 0 Å². The van der Waals surface area contributed by atoms with Gasteiger partial charge in [0.15, 0.2) is 11.3 Å². The summed E-state index contributed by atoms with van der Waals surface area (Å²) in [5, 5.41) is 13.8. The molecule has 2 heterocycles. The minimum absolute atomic E-state index is 0.0542. The molecule has 0 radical (unpaired) electrons. The number of fused-ring (bicyclic) bond motifs is 1. The Morgan fingerprint density at radius 3 is 2.00 bits per heavy atom. The first kappa shape index (κ1) is 23.2. The average molecular weight is 498 g/mol. The summed E-state index contributed by atoms with van der Waals surface area (Å²) in [7, 11) is 0. The summed E-state index contributed by atoms with van der Waals surface area (Å²) in [5.74, 6) is -0.338. The van der Waals surface area contributed by atoms with E-state index in [0.29, 0.717) is 17.9 Å². The van der Waals surface area contributed by atoms with Crippen LogP contribution in [0.5, 0.6) is 5.75 Å². The third-order valence-electron chi connectivity index (χ3n) is 6.33. The summed E-state index contributed by atoms with van der Waals surface area (Å²) in [5.41, 5.74) is 6.99. The highest BCUT2D eigenvalue weighted by Gasteiger charge is 2.16. The molecule has 0 fully saturated rings. The molecule has 6 nitrogen and oxygen atoms in total. The van der Waals surface area contributed by atoms with Crippen LogP contribution in [0.3, 0.4) is 0 Å². The highest BCUT2D eigenvalue weighted by Crippen LogP contribution is 2.30. The van der Waals surface area contributed by atoms with Crippen molar-refractivity contribution in [2.75, 3.05) is 0 Å². The molecular weight excluding hydrogens is 474 g/mol. The SMILES string of the molecule is O=C(O)c1cc2nc(-c3ccc(OCc4ccccc4)cc3)cc(-c3ccc(-c4ccccc4)cc3)n2n1. The van der Waals surface area contributed by atoms with Crippen molar-refractivity contribution in [3.63, 3.8) is 0 Å². The van der Waals surface area contributed by atoms with Gasteiger partial charge in [0.2, 0.25) is 0 Å². The molecule has 0 saturated carbocycles. The van der Waals surface area contributed by atoms with E-state index < -0.39 is 5.97 Å². The Morgan fingerprint density at radius 1 is 0.711 bits per heavy atom. The molecule has 6 heteroatoms. The van der Waals surface area contributed by atoms with E-state index in [9.17, 15) is 9.90 Å². The van der Waals surface area contributed by atoms with E-state index >= 15 is 0 Å². The fraction of sp³-hybridized carbons (Fsp3) is 0.0312. The normalized spacial score (nSPS) is 10.9. The predicted molar refractivity (Wildman–Crippen MR) is 147 cm³/mol. The van der Waals surface area contributed by atoms with Gasteiger partial charge in [0, 0.05) is 17.2 Å². The number of benzene rings is 4. The van der Waals surface area contributed by atoms with Gasteiger partial charge < -0.3 is 9.84 Å². The number of ether oxygens (including phenoxy) is 1. The van der Waals surface area contributed by atoms with Crippen molar-refractivity contribution in [3.8, 4) is 39.4 Å². The largest absolute Gasteiger partial charge is 0.489 e. The highest BCUT2D eigenvalue weighted by atomic mass is 16.5. The van der Waals surface area contributed by atoms with Crippen molar-refractivity contribution in [2.45, 2.75) is 6.61 Å². The van der Waals surface area contributed by atoms with Crippen LogP contribution in [-0.2, 0) is 6.61 Å². The van der Waals surface area contributed by atoms with Crippen LogP contribution in [0.4, 0.5) is 0 Å². The van der Waals surface area contributed by atoms with Gasteiger partial charge in [0.1, 0.15) is 12.4 Å². The Balaban J connectivity index is 1.35.